The number of rotatable bonds is 3. The fraction of sp³-hybridized carbons (Fsp3) is 1.00. The third-order valence-corrected chi connectivity index (χ3v) is 11.2. The van der Waals surface area contributed by atoms with Crippen LogP contribution in [-0.2, 0) is 0 Å². The molecule has 0 radical (unpaired) electrons. The van der Waals surface area contributed by atoms with Gasteiger partial charge in [-0.1, -0.05) is 47.5 Å². The Bertz CT molecular complexity index is 480. The van der Waals surface area contributed by atoms with Crippen LogP contribution in [0.25, 0.3) is 0 Å². The molecule has 0 aromatic carbocycles. The van der Waals surface area contributed by atoms with Gasteiger partial charge in [0.2, 0.25) is 0 Å². The molecule has 0 aromatic heterocycles. The molecule has 4 aliphatic carbocycles. The van der Waals surface area contributed by atoms with Crippen LogP contribution in [0.4, 0.5) is 0 Å². The molecule has 4 saturated carbocycles. The molecule has 0 aromatic rings. The van der Waals surface area contributed by atoms with Crippen LogP contribution in [0.2, 0.25) is 0 Å². The molecule has 4 rings (SSSR count). The Morgan fingerprint density at radius 2 is 0.793 bits per heavy atom. The normalized spacial score (nSPS) is 52.2. The largest absolute Gasteiger partial charge is 0.0625 e. The van der Waals surface area contributed by atoms with E-state index in [9.17, 15) is 0 Å². The Morgan fingerprint density at radius 3 is 1.31 bits per heavy atom. The second-order valence-electron chi connectivity index (χ2n) is 13.0. The van der Waals surface area contributed by atoms with E-state index in [4.69, 9.17) is 0 Å². The fourth-order valence-electron chi connectivity index (χ4n) is 8.83. The molecule has 5 atom stereocenters. The van der Waals surface area contributed by atoms with Crippen molar-refractivity contribution in [2.45, 2.75) is 118 Å². The van der Waals surface area contributed by atoms with Crippen LogP contribution < -0.4 is 0 Å². The molecule has 4 aliphatic rings. The summed E-state index contributed by atoms with van der Waals surface area (Å²) in [6, 6.07) is 0. The van der Waals surface area contributed by atoms with Crippen molar-refractivity contribution in [2.75, 3.05) is 0 Å². The maximum Gasteiger partial charge on any atom is -0.0360 e. The molecular formula is C29H52. The summed E-state index contributed by atoms with van der Waals surface area (Å²) >= 11 is 0. The summed E-state index contributed by atoms with van der Waals surface area (Å²) in [4.78, 5) is 0. The first-order valence-electron chi connectivity index (χ1n) is 13.9. The molecule has 0 aliphatic heterocycles. The molecule has 0 bridgehead atoms. The SMILES string of the molecule is CC1CCC(C2CCC(C3CCC(C4CC(C)C(C)C(C)C4)C(C)C3)CC2)CC1. The summed E-state index contributed by atoms with van der Waals surface area (Å²) in [6.45, 7) is 12.7. The third-order valence-electron chi connectivity index (χ3n) is 11.2. The van der Waals surface area contributed by atoms with E-state index in [-0.39, 0.29) is 0 Å². The van der Waals surface area contributed by atoms with Crippen LogP contribution in [0.5, 0.6) is 0 Å². The lowest BCUT2D eigenvalue weighted by Gasteiger charge is -2.47. The highest BCUT2D eigenvalue weighted by molar-refractivity contribution is 4.91. The lowest BCUT2D eigenvalue weighted by molar-refractivity contribution is 0.0299. The Kier molecular flexibility index (Phi) is 7.39. The minimum atomic E-state index is 0.945. The van der Waals surface area contributed by atoms with E-state index in [2.05, 4.69) is 34.6 Å². The van der Waals surface area contributed by atoms with Gasteiger partial charge in [-0.3, -0.25) is 0 Å². The molecule has 29 heavy (non-hydrogen) atoms. The molecule has 0 saturated heterocycles. The van der Waals surface area contributed by atoms with Crippen molar-refractivity contribution >= 4 is 0 Å². The highest BCUT2D eigenvalue weighted by Gasteiger charge is 2.41. The molecule has 0 amide bonds. The average molecular weight is 401 g/mol. The van der Waals surface area contributed by atoms with Crippen LogP contribution in [-0.4, -0.2) is 0 Å². The van der Waals surface area contributed by atoms with E-state index >= 15 is 0 Å². The maximum absolute atomic E-state index is 2.64. The third kappa shape index (κ3) is 5.09. The average Bonchev–Trinajstić information content (AvgIpc) is 2.72. The summed E-state index contributed by atoms with van der Waals surface area (Å²) in [5, 5.41) is 0. The van der Waals surface area contributed by atoms with Crippen molar-refractivity contribution in [3.63, 3.8) is 0 Å². The quantitative estimate of drug-likeness (QED) is 0.443. The van der Waals surface area contributed by atoms with Gasteiger partial charge in [-0.15, -0.1) is 0 Å². The minimum absolute atomic E-state index is 0.945. The Balaban J connectivity index is 1.24. The Hall–Kier alpha value is 0. The zero-order chi connectivity index (χ0) is 20.5. The van der Waals surface area contributed by atoms with Crippen molar-refractivity contribution in [1.82, 2.24) is 0 Å². The van der Waals surface area contributed by atoms with Crippen molar-refractivity contribution in [2.24, 2.45) is 65.1 Å². The number of hydrogen-bond donors (Lipinski definition) is 0. The maximum atomic E-state index is 2.64. The van der Waals surface area contributed by atoms with Gasteiger partial charge in [-0.25, -0.2) is 0 Å². The molecule has 168 valence electrons. The topological polar surface area (TPSA) is 0 Å². The van der Waals surface area contributed by atoms with E-state index in [0.29, 0.717) is 0 Å². The number of hydrogen-bond acceptors (Lipinski definition) is 0. The van der Waals surface area contributed by atoms with Crippen LogP contribution in [0, 0.1) is 65.1 Å². The predicted octanol–water partition coefficient (Wildman–Crippen LogP) is 8.99. The first-order chi connectivity index (χ1) is 13.9. The van der Waals surface area contributed by atoms with E-state index in [1.807, 2.05) is 0 Å². The Morgan fingerprint density at radius 1 is 0.379 bits per heavy atom. The fourth-order valence-corrected chi connectivity index (χ4v) is 8.83. The van der Waals surface area contributed by atoms with Crippen molar-refractivity contribution in [1.29, 1.82) is 0 Å². The highest BCUT2D eigenvalue weighted by atomic mass is 14.5. The van der Waals surface area contributed by atoms with Gasteiger partial charge in [0.05, 0.1) is 0 Å². The second-order valence-corrected chi connectivity index (χ2v) is 13.0. The zero-order valence-electron chi connectivity index (χ0n) is 20.5. The summed E-state index contributed by atoms with van der Waals surface area (Å²) in [5.74, 6) is 11.3. The minimum Gasteiger partial charge on any atom is -0.0625 e. The molecule has 0 nitrogen and oxygen atoms in total. The lowest BCUT2D eigenvalue weighted by atomic mass is 9.58. The van der Waals surface area contributed by atoms with Crippen LogP contribution >= 0.6 is 0 Å². The Labute approximate surface area is 183 Å². The van der Waals surface area contributed by atoms with Gasteiger partial charge in [0, 0.05) is 0 Å². The van der Waals surface area contributed by atoms with E-state index in [0.717, 1.165) is 65.1 Å². The molecule has 0 heterocycles. The molecule has 0 N–H and O–H groups in total. The van der Waals surface area contributed by atoms with E-state index in [1.54, 1.807) is 57.8 Å². The first kappa shape index (κ1) is 22.2. The van der Waals surface area contributed by atoms with Gasteiger partial charge >= 0.3 is 0 Å². The summed E-state index contributed by atoms with van der Waals surface area (Å²) in [6.07, 6.45) is 20.2. The zero-order valence-corrected chi connectivity index (χ0v) is 20.5. The summed E-state index contributed by atoms with van der Waals surface area (Å²) in [5.41, 5.74) is 0. The van der Waals surface area contributed by atoms with Crippen LogP contribution in [0.1, 0.15) is 118 Å². The van der Waals surface area contributed by atoms with Crippen molar-refractivity contribution < 1.29 is 0 Å². The molecule has 5 unspecified atom stereocenters. The summed E-state index contributed by atoms with van der Waals surface area (Å²) in [7, 11) is 0. The molecular weight excluding hydrogens is 348 g/mol. The smallest absolute Gasteiger partial charge is 0.0360 e. The van der Waals surface area contributed by atoms with Gasteiger partial charge in [0.1, 0.15) is 0 Å². The lowest BCUT2D eigenvalue weighted by Crippen LogP contribution is -2.38. The van der Waals surface area contributed by atoms with Gasteiger partial charge in [-0.2, -0.15) is 0 Å². The van der Waals surface area contributed by atoms with E-state index < -0.39 is 0 Å². The molecule has 0 spiro atoms. The molecule has 4 fully saturated rings. The second kappa shape index (κ2) is 9.65. The van der Waals surface area contributed by atoms with Crippen molar-refractivity contribution in [3.8, 4) is 0 Å². The van der Waals surface area contributed by atoms with Gasteiger partial charge in [0.15, 0.2) is 0 Å². The summed E-state index contributed by atoms with van der Waals surface area (Å²) < 4.78 is 0. The van der Waals surface area contributed by atoms with Crippen LogP contribution in [0.3, 0.4) is 0 Å². The van der Waals surface area contributed by atoms with Gasteiger partial charge in [-0.05, 0) is 136 Å². The van der Waals surface area contributed by atoms with Gasteiger partial charge in [0.25, 0.3) is 0 Å². The van der Waals surface area contributed by atoms with Crippen molar-refractivity contribution in [3.05, 3.63) is 0 Å². The van der Waals surface area contributed by atoms with Gasteiger partial charge < -0.3 is 0 Å². The first-order valence-corrected chi connectivity index (χ1v) is 13.9. The predicted molar refractivity (Wildman–Crippen MR) is 127 cm³/mol. The van der Waals surface area contributed by atoms with Crippen LogP contribution in [0.15, 0.2) is 0 Å². The van der Waals surface area contributed by atoms with E-state index in [1.165, 1.54) is 25.7 Å². The molecule has 0 heteroatoms. The monoisotopic (exact) mass is 400 g/mol. The standard InChI is InChI=1S/C29H52/c1-19-6-8-24(9-7-19)25-10-12-26(13-11-25)27-14-15-29(22(4)18-27)28-16-20(2)23(5)21(3)17-28/h19-29H,6-18H2,1-5H3. The highest BCUT2D eigenvalue weighted by Crippen LogP contribution is 2.51.